The van der Waals surface area contributed by atoms with E-state index < -0.39 is 0 Å². The predicted molar refractivity (Wildman–Crippen MR) is 101 cm³/mol. The van der Waals surface area contributed by atoms with E-state index in [1.54, 1.807) is 7.11 Å². The number of urea groups is 1. The van der Waals surface area contributed by atoms with Gasteiger partial charge in [-0.25, -0.2) is 4.79 Å². The third-order valence-corrected chi connectivity index (χ3v) is 4.63. The second-order valence-electron chi connectivity index (χ2n) is 6.46. The molecule has 0 spiro atoms. The Labute approximate surface area is 153 Å². The van der Waals surface area contributed by atoms with Crippen LogP contribution in [-0.2, 0) is 16.1 Å². The molecule has 2 aromatic rings. The Balaban J connectivity index is 1.53. The molecule has 26 heavy (non-hydrogen) atoms. The van der Waals surface area contributed by atoms with Crippen LogP contribution < -0.4 is 10.6 Å². The molecule has 0 saturated carbocycles. The summed E-state index contributed by atoms with van der Waals surface area (Å²) in [7, 11) is 1.67. The smallest absolute Gasteiger partial charge is 0.319 e. The minimum absolute atomic E-state index is 0.221. The van der Waals surface area contributed by atoms with Crippen LogP contribution in [0.15, 0.2) is 30.5 Å². The normalized spacial score (nSPS) is 14.2. The summed E-state index contributed by atoms with van der Waals surface area (Å²) in [4.78, 5) is 25.6. The lowest BCUT2D eigenvalue weighted by Gasteiger charge is -2.15. The van der Waals surface area contributed by atoms with Gasteiger partial charge in [-0.3, -0.25) is 4.79 Å². The van der Waals surface area contributed by atoms with Gasteiger partial charge in [0.2, 0.25) is 5.91 Å². The van der Waals surface area contributed by atoms with Gasteiger partial charge in [-0.2, -0.15) is 0 Å². The molecule has 1 aliphatic rings. The molecule has 7 heteroatoms. The molecule has 2 N–H and O–H groups in total. The maximum Gasteiger partial charge on any atom is 0.319 e. The zero-order valence-electron chi connectivity index (χ0n) is 15.2. The molecule has 1 fully saturated rings. The number of benzene rings is 1. The van der Waals surface area contributed by atoms with E-state index in [2.05, 4.69) is 15.2 Å². The lowest BCUT2D eigenvalue weighted by Crippen LogP contribution is -2.32. The molecule has 0 bridgehead atoms. The van der Waals surface area contributed by atoms with Crippen LogP contribution in [0, 0.1) is 0 Å². The Morgan fingerprint density at radius 3 is 2.88 bits per heavy atom. The second-order valence-corrected chi connectivity index (χ2v) is 6.46. The summed E-state index contributed by atoms with van der Waals surface area (Å²) in [6.45, 7) is 3.42. The summed E-state index contributed by atoms with van der Waals surface area (Å²) in [5.74, 6) is 0.221. The SMILES string of the molecule is COCCn1cc(NC(=O)NCCCN2CCCC2=O)c2ccccc21. The molecule has 0 atom stereocenters. The topological polar surface area (TPSA) is 75.6 Å². The zero-order chi connectivity index (χ0) is 18.4. The summed E-state index contributed by atoms with van der Waals surface area (Å²) in [5, 5.41) is 6.79. The molecule has 0 unspecified atom stereocenters. The van der Waals surface area contributed by atoms with Crippen LogP contribution in [0.1, 0.15) is 19.3 Å². The molecule has 1 saturated heterocycles. The van der Waals surface area contributed by atoms with Crippen molar-refractivity contribution in [3.63, 3.8) is 0 Å². The number of anilines is 1. The number of hydrogen-bond acceptors (Lipinski definition) is 3. The van der Waals surface area contributed by atoms with Crippen molar-refractivity contribution in [2.24, 2.45) is 0 Å². The maximum atomic E-state index is 12.2. The van der Waals surface area contributed by atoms with Crippen LogP contribution in [-0.4, -0.2) is 54.8 Å². The van der Waals surface area contributed by atoms with Gasteiger partial charge >= 0.3 is 6.03 Å². The monoisotopic (exact) mass is 358 g/mol. The first kappa shape index (κ1) is 18.3. The fourth-order valence-electron chi connectivity index (χ4n) is 3.30. The van der Waals surface area contributed by atoms with Gasteiger partial charge in [-0.1, -0.05) is 18.2 Å². The number of likely N-dealkylation sites (tertiary alicyclic amines) is 1. The number of ether oxygens (including phenoxy) is 1. The zero-order valence-corrected chi connectivity index (χ0v) is 15.2. The first-order valence-electron chi connectivity index (χ1n) is 9.08. The number of hydrogen-bond donors (Lipinski definition) is 2. The van der Waals surface area contributed by atoms with Crippen LogP contribution in [0.5, 0.6) is 0 Å². The summed E-state index contributed by atoms with van der Waals surface area (Å²) >= 11 is 0. The summed E-state index contributed by atoms with van der Waals surface area (Å²) < 4.78 is 7.23. The van der Waals surface area contributed by atoms with E-state index in [1.807, 2.05) is 35.4 Å². The minimum Gasteiger partial charge on any atom is -0.383 e. The van der Waals surface area contributed by atoms with E-state index in [9.17, 15) is 9.59 Å². The molecule has 1 aliphatic heterocycles. The average Bonchev–Trinajstić information content (AvgIpc) is 3.21. The van der Waals surface area contributed by atoms with Gasteiger partial charge in [0.15, 0.2) is 0 Å². The van der Waals surface area contributed by atoms with Gasteiger partial charge in [0, 0.05) is 51.3 Å². The fourth-order valence-corrected chi connectivity index (χ4v) is 3.30. The molecular weight excluding hydrogens is 332 g/mol. The van der Waals surface area contributed by atoms with Crippen molar-refractivity contribution in [1.82, 2.24) is 14.8 Å². The van der Waals surface area contributed by atoms with Gasteiger partial charge in [0.1, 0.15) is 0 Å². The van der Waals surface area contributed by atoms with E-state index >= 15 is 0 Å². The fraction of sp³-hybridized carbons (Fsp3) is 0.474. The summed E-state index contributed by atoms with van der Waals surface area (Å²) in [6.07, 6.45) is 4.29. The molecule has 7 nitrogen and oxygen atoms in total. The standard InChI is InChI=1S/C19H26N4O3/c1-26-13-12-23-14-16(15-6-2-3-7-17(15)23)21-19(25)20-9-5-11-22-10-4-8-18(22)24/h2-3,6-7,14H,4-5,8-13H2,1H3,(H2,20,21,25). The highest BCUT2D eigenvalue weighted by Gasteiger charge is 2.19. The highest BCUT2D eigenvalue weighted by Crippen LogP contribution is 2.25. The first-order chi connectivity index (χ1) is 12.7. The third-order valence-electron chi connectivity index (χ3n) is 4.63. The highest BCUT2D eigenvalue weighted by atomic mass is 16.5. The lowest BCUT2D eigenvalue weighted by atomic mass is 10.2. The predicted octanol–water partition coefficient (Wildman–Crippen LogP) is 2.42. The van der Waals surface area contributed by atoms with Gasteiger partial charge in [-0.15, -0.1) is 0 Å². The van der Waals surface area contributed by atoms with Crippen LogP contribution in [0.2, 0.25) is 0 Å². The van der Waals surface area contributed by atoms with Gasteiger partial charge in [0.25, 0.3) is 0 Å². The van der Waals surface area contributed by atoms with Gasteiger partial charge < -0.3 is 24.8 Å². The van der Waals surface area contributed by atoms with Crippen molar-refractivity contribution in [3.8, 4) is 0 Å². The van der Waals surface area contributed by atoms with E-state index in [0.717, 1.165) is 42.5 Å². The molecule has 0 aliphatic carbocycles. The van der Waals surface area contributed by atoms with Crippen LogP contribution in [0.3, 0.4) is 0 Å². The number of fused-ring (bicyclic) bond motifs is 1. The summed E-state index contributed by atoms with van der Waals surface area (Å²) in [6, 6.07) is 7.73. The molecule has 1 aromatic carbocycles. The highest BCUT2D eigenvalue weighted by molar-refractivity contribution is 6.01. The third kappa shape index (κ3) is 4.35. The number of carbonyl (C=O) groups is 2. The Morgan fingerprint density at radius 1 is 1.27 bits per heavy atom. The Kier molecular flexibility index (Phi) is 6.12. The van der Waals surface area contributed by atoms with Crippen molar-refractivity contribution in [3.05, 3.63) is 30.5 Å². The molecule has 3 rings (SSSR count). The number of rotatable bonds is 8. The average molecular weight is 358 g/mol. The molecule has 140 valence electrons. The first-order valence-corrected chi connectivity index (χ1v) is 9.08. The molecule has 0 radical (unpaired) electrons. The number of para-hydroxylation sites is 1. The van der Waals surface area contributed by atoms with Crippen LogP contribution in [0.25, 0.3) is 10.9 Å². The van der Waals surface area contributed by atoms with Crippen LogP contribution in [0.4, 0.5) is 10.5 Å². The number of carbonyl (C=O) groups excluding carboxylic acids is 2. The number of aromatic nitrogens is 1. The van der Waals surface area contributed by atoms with Gasteiger partial charge in [0.05, 0.1) is 17.8 Å². The Hall–Kier alpha value is -2.54. The van der Waals surface area contributed by atoms with Crippen molar-refractivity contribution in [1.29, 1.82) is 0 Å². The number of nitrogens with one attached hydrogen (secondary N) is 2. The van der Waals surface area contributed by atoms with Crippen molar-refractivity contribution >= 4 is 28.5 Å². The van der Waals surface area contributed by atoms with E-state index in [0.29, 0.717) is 26.1 Å². The second kappa shape index (κ2) is 8.71. The number of amides is 3. The molecule has 3 amide bonds. The summed E-state index contributed by atoms with van der Waals surface area (Å²) in [5.41, 5.74) is 1.84. The van der Waals surface area contributed by atoms with Crippen molar-refractivity contribution in [2.75, 3.05) is 38.7 Å². The molecular formula is C19H26N4O3. The lowest BCUT2D eigenvalue weighted by molar-refractivity contribution is -0.127. The van der Waals surface area contributed by atoms with Crippen molar-refractivity contribution in [2.45, 2.75) is 25.8 Å². The van der Waals surface area contributed by atoms with E-state index in [1.165, 1.54) is 0 Å². The molecule has 1 aromatic heterocycles. The number of nitrogens with zero attached hydrogens (tertiary/aromatic N) is 2. The van der Waals surface area contributed by atoms with Crippen LogP contribution >= 0.6 is 0 Å². The van der Waals surface area contributed by atoms with E-state index in [-0.39, 0.29) is 11.9 Å². The van der Waals surface area contributed by atoms with Crippen molar-refractivity contribution < 1.29 is 14.3 Å². The van der Waals surface area contributed by atoms with E-state index in [4.69, 9.17) is 4.74 Å². The Morgan fingerprint density at radius 2 is 2.12 bits per heavy atom. The maximum absolute atomic E-state index is 12.2. The number of methoxy groups -OCH3 is 1. The van der Waals surface area contributed by atoms with Gasteiger partial charge in [-0.05, 0) is 18.9 Å². The largest absolute Gasteiger partial charge is 0.383 e. The minimum atomic E-state index is -0.229. The quantitative estimate of drug-likeness (QED) is 0.712. The Bertz CT molecular complexity index is 771. The molecule has 2 heterocycles.